The van der Waals surface area contributed by atoms with Gasteiger partial charge in [-0.3, -0.25) is 0 Å². The lowest BCUT2D eigenvalue weighted by Gasteiger charge is -2.17. The number of anilines is 1. The van der Waals surface area contributed by atoms with E-state index in [2.05, 4.69) is 66.9 Å². The highest BCUT2D eigenvalue weighted by atomic mass is 32.1. The van der Waals surface area contributed by atoms with E-state index < -0.39 is 0 Å². The zero-order chi connectivity index (χ0) is 14.0. The second-order valence-electron chi connectivity index (χ2n) is 5.97. The van der Waals surface area contributed by atoms with Crippen LogP contribution in [0.2, 0.25) is 0 Å². The fraction of sp³-hybridized carbons (Fsp3) is 0.158. The second kappa shape index (κ2) is 3.99. The average Bonchev–Trinajstić information content (AvgIpc) is 3.05. The Morgan fingerprint density at radius 3 is 2.90 bits per heavy atom. The number of hydrogen-bond donors (Lipinski definition) is 1. The van der Waals surface area contributed by atoms with Gasteiger partial charge in [0.25, 0.3) is 0 Å². The van der Waals surface area contributed by atoms with Crippen LogP contribution in [0.15, 0.2) is 60.2 Å². The van der Waals surface area contributed by atoms with Gasteiger partial charge in [-0.15, -0.1) is 11.3 Å². The van der Waals surface area contributed by atoms with Crippen molar-refractivity contribution in [3.8, 4) is 0 Å². The number of fused-ring (bicyclic) bond motifs is 7. The highest BCUT2D eigenvalue weighted by Crippen LogP contribution is 2.47. The van der Waals surface area contributed by atoms with Crippen LogP contribution < -0.4 is 5.32 Å². The van der Waals surface area contributed by atoms with E-state index in [9.17, 15) is 0 Å². The molecule has 0 saturated heterocycles. The average molecular weight is 289 g/mol. The molecule has 0 bridgehead atoms. The predicted molar refractivity (Wildman–Crippen MR) is 92.4 cm³/mol. The van der Waals surface area contributed by atoms with E-state index in [0.29, 0.717) is 12.0 Å². The van der Waals surface area contributed by atoms with Gasteiger partial charge in [-0.25, -0.2) is 0 Å². The summed E-state index contributed by atoms with van der Waals surface area (Å²) in [7, 11) is 0. The summed E-state index contributed by atoms with van der Waals surface area (Å²) in [5.74, 6) is 0.486. The van der Waals surface area contributed by atoms with Gasteiger partial charge in [-0.1, -0.05) is 54.1 Å². The first-order valence-electron chi connectivity index (χ1n) is 7.38. The first-order valence-corrected chi connectivity index (χ1v) is 8.20. The Kier molecular flexibility index (Phi) is 2.20. The van der Waals surface area contributed by atoms with Crippen molar-refractivity contribution >= 4 is 37.2 Å². The summed E-state index contributed by atoms with van der Waals surface area (Å²) < 4.78 is 2.78. The molecular weight excluding hydrogens is 274 g/mol. The minimum atomic E-state index is 0.416. The molecule has 1 aliphatic carbocycles. The van der Waals surface area contributed by atoms with Crippen LogP contribution in [0.1, 0.15) is 18.4 Å². The maximum atomic E-state index is 3.74. The van der Waals surface area contributed by atoms with Crippen molar-refractivity contribution in [2.24, 2.45) is 0 Å². The third-order valence-corrected chi connectivity index (χ3v) is 5.85. The number of nitrogens with one attached hydrogen (secondary N) is 1. The van der Waals surface area contributed by atoms with Crippen molar-refractivity contribution in [3.63, 3.8) is 0 Å². The van der Waals surface area contributed by atoms with Crippen LogP contribution in [0, 0.1) is 0 Å². The number of allylic oxidation sites excluding steroid dienone is 2. The monoisotopic (exact) mass is 289 g/mol. The summed E-state index contributed by atoms with van der Waals surface area (Å²) in [4.78, 5) is 0. The zero-order valence-corrected chi connectivity index (χ0v) is 12.6. The normalized spacial score (nSPS) is 23.0. The lowest BCUT2D eigenvalue weighted by atomic mass is 9.89. The number of benzene rings is 2. The van der Waals surface area contributed by atoms with Gasteiger partial charge in [0.1, 0.15) is 0 Å². The summed E-state index contributed by atoms with van der Waals surface area (Å²) in [6.45, 7) is 2.18. The Hall–Kier alpha value is -2.06. The lowest BCUT2D eigenvalue weighted by Crippen LogP contribution is -2.18. The molecule has 2 unspecified atom stereocenters. The minimum Gasteiger partial charge on any atom is -0.376 e. The molecule has 21 heavy (non-hydrogen) atoms. The molecule has 0 fully saturated rings. The van der Waals surface area contributed by atoms with Crippen molar-refractivity contribution in [2.75, 3.05) is 5.32 Å². The molecule has 3 aromatic rings. The van der Waals surface area contributed by atoms with Gasteiger partial charge in [0, 0.05) is 21.4 Å². The third-order valence-electron chi connectivity index (χ3n) is 4.65. The number of thiophene rings is 1. The highest BCUT2D eigenvalue weighted by molar-refractivity contribution is 7.26. The predicted octanol–water partition coefficient (Wildman–Crippen LogP) is 5.45. The molecule has 2 aromatic carbocycles. The summed E-state index contributed by atoms with van der Waals surface area (Å²) in [6, 6.07) is 13.7. The van der Waals surface area contributed by atoms with Crippen LogP contribution >= 0.6 is 11.3 Å². The smallest absolute Gasteiger partial charge is 0.0590 e. The van der Waals surface area contributed by atoms with Crippen LogP contribution in [0.25, 0.3) is 20.2 Å². The molecule has 1 N–H and O–H groups in total. The summed E-state index contributed by atoms with van der Waals surface area (Å²) in [5, 5.41) is 6.49. The van der Waals surface area contributed by atoms with Crippen molar-refractivity contribution < 1.29 is 0 Å². The fourth-order valence-corrected chi connectivity index (χ4v) is 4.86. The maximum absolute atomic E-state index is 3.74. The van der Waals surface area contributed by atoms with Gasteiger partial charge in [0.15, 0.2) is 0 Å². The van der Waals surface area contributed by atoms with Crippen molar-refractivity contribution in [3.05, 3.63) is 65.8 Å². The SMILES string of the molecule is CC1=CC2c3ccc4c(sc5ccccc54)c3NC2C=C1. The molecule has 2 atom stereocenters. The van der Waals surface area contributed by atoms with Crippen LogP contribution in [-0.2, 0) is 0 Å². The molecule has 0 amide bonds. The van der Waals surface area contributed by atoms with Crippen LogP contribution in [-0.4, -0.2) is 6.04 Å². The summed E-state index contributed by atoms with van der Waals surface area (Å²) >= 11 is 1.91. The lowest BCUT2D eigenvalue weighted by molar-refractivity contribution is 0.797. The molecule has 2 heterocycles. The van der Waals surface area contributed by atoms with E-state index in [1.807, 2.05) is 11.3 Å². The Bertz CT molecular complexity index is 945. The molecule has 1 aromatic heterocycles. The van der Waals surface area contributed by atoms with Gasteiger partial charge in [-0.05, 0) is 18.6 Å². The Morgan fingerprint density at radius 1 is 1.05 bits per heavy atom. The van der Waals surface area contributed by atoms with E-state index in [1.54, 1.807) is 0 Å². The van der Waals surface area contributed by atoms with Gasteiger partial charge in [0.05, 0.1) is 16.4 Å². The molecule has 102 valence electrons. The first kappa shape index (κ1) is 11.6. The Balaban J connectivity index is 1.82. The molecule has 0 spiro atoms. The van der Waals surface area contributed by atoms with Crippen LogP contribution in [0.3, 0.4) is 0 Å². The van der Waals surface area contributed by atoms with Gasteiger partial charge < -0.3 is 5.32 Å². The summed E-state index contributed by atoms with van der Waals surface area (Å²) in [6.07, 6.45) is 6.92. The zero-order valence-electron chi connectivity index (χ0n) is 11.8. The van der Waals surface area contributed by atoms with Crippen molar-refractivity contribution in [1.82, 2.24) is 0 Å². The molecule has 2 heteroatoms. The molecule has 0 radical (unpaired) electrons. The Labute approximate surface area is 127 Å². The van der Waals surface area contributed by atoms with Crippen molar-refractivity contribution in [1.29, 1.82) is 0 Å². The second-order valence-corrected chi connectivity index (χ2v) is 7.02. The molecule has 0 saturated carbocycles. The topological polar surface area (TPSA) is 12.0 Å². The highest BCUT2D eigenvalue weighted by Gasteiger charge is 2.32. The quantitative estimate of drug-likeness (QED) is 0.580. The molecule has 1 nitrogen and oxygen atoms in total. The Morgan fingerprint density at radius 2 is 1.95 bits per heavy atom. The van der Waals surface area contributed by atoms with Gasteiger partial charge in [-0.2, -0.15) is 0 Å². The van der Waals surface area contributed by atoms with E-state index in [0.717, 1.165) is 0 Å². The standard InChI is InChI=1S/C19H15NS/c1-11-6-9-16-15(10-11)13-7-8-14-12-4-2-3-5-17(12)21-19(14)18(13)20-16/h2-10,15-16,20H,1H3. The molecular formula is C19H15NS. The minimum absolute atomic E-state index is 0.416. The molecule has 2 aliphatic rings. The maximum Gasteiger partial charge on any atom is 0.0590 e. The van der Waals surface area contributed by atoms with Crippen molar-refractivity contribution in [2.45, 2.75) is 18.9 Å². The van der Waals surface area contributed by atoms with Gasteiger partial charge >= 0.3 is 0 Å². The number of hydrogen-bond acceptors (Lipinski definition) is 2. The van der Waals surface area contributed by atoms with E-state index >= 15 is 0 Å². The van der Waals surface area contributed by atoms with E-state index in [1.165, 1.54) is 37.0 Å². The fourth-order valence-electron chi connectivity index (χ4n) is 3.64. The third kappa shape index (κ3) is 1.51. The number of rotatable bonds is 0. The van der Waals surface area contributed by atoms with Crippen LogP contribution in [0.4, 0.5) is 5.69 Å². The molecule has 5 rings (SSSR count). The largest absolute Gasteiger partial charge is 0.376 e. The summed E-state index contributed by atoms with van der Waals surface area (Å²) in [5.41, 5.74) is 4.16. The molecule has 1 aliphatic heterocycles. The first-order chi connectivity index (χ1) is 10.3. The van der Waals surface area contributed by atoms with E-state index in [-0.39, 0.29) is 0 Å². The van der Waals surface area contributed by atoms with Gasteiger partial charge in [0.2, 0.25) is 0 Å². The van der Waals surface area contributed by atoms with E-state index in [4.69, 9.17) is 0 Å². The van der Waals surface area contributed by atoms with Crippen LogP contribution in [0.5, 0.6) is 0 Å².